The third-order valence-corrected chi connectivity index (χ3v) is 0.677. The summed E-state index contributed by atoms with van der Waals surface area (Å²) in [7, 11) is 0. The van der Waals surface area contributed by atoms with E-state index in [2.05, 4.69) is 0 Å². The van der Waals surface area contributed by atoms with Gasteiger partial charge in [-0.15, -0.1) is 0 Å². The van der Waals surface area contributed by atoms with Crippen molar-refractivity contribution in [2.24, 2.45) is 0 Å². The maximum Gasteiger partial charge on any atom is 1.00 e. The third-order valence-electron chi connectivity index (χ3n) is 0.677. The summed E-state index contributed by atoms with van der Waals surface area (Å²) in [4.78, 5) is 19.7. The second-order valence-electron chi connectivity index (χ2n) is 1.47. The van der Waals surface area contributed by atoms with E-state index in [1.54, 1.807) is 0 Å². The monoisotopic (exact) mass is 154 g/mol. The van der Waals surface area contributed by atoms with Crippen LogP contribution in [0.25, 0.3) is 0 Å². The zero-order valence-electron chi connectivity index (χ0n) is 6.79. The molecule has 5 heteroatoms. The van der Waals surface area contributed by atoms with Gasteiger partial charge in [0.1, 0.15) is 0 Å². The molecule has 52 valence electrons. The number of carboxylic acid groups (broad SMARTS) is 2. The Bertz CT molecular complexity index is 177. The van der Waals surface area contributed by atoms with E-state index in [-0.39, 0.29) is 36.6 Å². The van der Waals surface area contributed by atoms with Gasteiger partial charge >= 0.3 is 41.5 Å². The Hall–Kier alpha value is -0.320. The molecule has 0 fully saturated rings. The van der Waals surface area contributed by atoms with Gasteiger partial charge in [-0.25, -0.2) is 9.59 Å². The first-order chi connectivity index (χ1) is 4.04. The third kappa shape index (κ3) is 5.81. The molecule has 0 aromatic carbocycles. The predicted molar refractivity (Wildman–Crippen MR) is 30.1 cm³/mol. The molecule has 0 saturated carbocycles. The summed E-state index contributed by atoms with van der Waals surface area (Å²) in [6.07, 6.45) is 0.641. The van der Waals surface area contributed by atoms with E-state index in [9.17, 15) is 9.59 Å². The van der Waals surface area contributed by atoms with E-state index in [1.807, 2.05) is 0 Å². The fourth-order valence-electron chi connectivity index (χ4n) is 0.247. The van der Waals surface area contributed by atoms with Gasteiger partial charge in [-0.1, -0.05) is 0 Å². The van der Waals surface area contributed by atoms with Crippen molar-refractivity contribution in [2.75, 3.05) is 0 Å². The van der Waals surface area contributed by atoms with Gasteiger partial charge in [-0.3, -0.25) is 0 Å². The van der Waals surface area contributed by atoms with Crippen LogP contribution >= 0.6 is 0 Å². The average Bonchev–Trinajstić information content (AvgIpc) is 1.63. The van der Waals surface area contributed by atoms with Gasteiger partial charge in [0.25, 0.3) is 0 Å². The Labute approximate surface area is 81.3 Å². The Kier molecular flexibility index (Phi) is 6.76. The van der Waals surface area contributed by atoms with Gasteiger partial charge < -0.3 is 11.6 Å². The number of rotatable bonds is 2. The van der Waals surface area contributed by atoms with E-state index in [4.69, 9.17) is 10.2 Å². The normalized spacial score (nSPS) is 9.90. The summed E-state index contributed by atoms with van der Waals surface area (Å²) in [5, 5.41) is 16.1. The summed E-state index contributed by atoms with van der Waals surface area (Å²) in [6.45, 7) is 1.22. The number of carboxylic acids is 2. The van der Waals surface area contributed by atoms with Gasteiger partial charge in [0.15, 0.2) is 0 Å². The largest absolute Gasteiger partial charge is 1.00 e. The molecule has 10 heavy (non-hydrogen) atoms. The van der Waals surface area contributed by atoms with Crippen molar-refractivity contribution in [1.82, 2.24) is 0 Å². The fraction of sp³-hybridized carbons (Fsp3) is 0.200. The first-order valence-electron chi connectivity index (χ1n) is 2.18. The van der Waals surface area contributed by atoms with Crippen LogP contribution in [-0.2, 0) is 9.59 Å². The summed E-state index contributed by atoms with van der Waals surface area (Å²) < 4.78 is 0. The maximum atomic E-state index is 9.90. The first-order valence-corrected chi connectivity index (χ1v) is 2.18. The quantitative estimate of drug-likeness (QED) is 0.333. The Morgan fingerprint density at radius 3 is 1.90 bits per heavy atom. The van der Waals surface area contributed by atoms with Crippen molar-refractivity contribution in [3.05, 3.63) is 11.6 Å². The average molecular weight is 154 g/mol. The zero-order chi connectivity index (χ0) is 7.44. The van der Waals surface area contributed by atoms with Crippen LogP contribution in [0.5, 0.6) is 0 Å². The van der Waals surface area contributed by atoms with Gasteiger partial charge in [-0.05, 0) is 6.92 Å². The summed E-state index contributed by atoms with van der Waals surface area (Å²) in [5.74, 6) is -2.45. The van der Waals surface area contributed by atoms with E-state index in [0.29, 0.717) is 6.08 Å². The Balaban J connectivity index is -0.000000320. The number of hydrogen-bond acceptors (Lipinski definition) is 2. The van der Waals surface area contributed by atoms with Crippen LogP contribution in [0, 0.1) is 0 Å². The first kappa shape index (κ1) is 12.4. The molecule has 0 aromatic heterocycles. The van der Waals surface area contributed by atoms with E-state index in [0.717, 1.165) is 0 Å². The SMILES string of the molecule is CC(=CC(=O)O)C(=O)O.[H-].[Na+]. The van der Waals surface area contributed by atoms with Crippen molar-refractivity contribution in [3.63, 3.8) is 0 Å². The second kappa shape index (κ2) is 5.46. The maximum absolute atomic E-state index is 9.90. The molecular formula is C5H7NaO4. The Morgan fingerprint density at radius 2 is 1.80 bits per heavy atom. The van der Waals surface area contributed by atoms with Crippen molar-refractivity contribution in [3.8, 4) is 0 Å². The van der Waals surface area contributed by atoms with E-state index < -0.39 is 11.9 Å². The number of hydrogen-bond donors (Lipinski definition) is 2. The molecule has 0 aliphatic rings. The van der Waals surface area contributed by atoms with Gasteiger partial charge in [0, 0.05) is 11.6 Å². The van der Waals surface area contributed by atoms with Crippen LogP contribution in [0.3, 0.4) is 0 Å². The standard InChI is InChI=1S/C5H6O4.Na.H/c1-3(5(8)9)2-4(6)7;;/h2H,1H3,(H,6,7)(H,8,9);;/q;+1;-1. The zero-order valence-corrected chi connectivity index (χ0v) is 7.79. The molecule has 0 heterocycles. The summed E-state index contributed by atoms with van der Waals surface area (Å²) in [6, 6.07) is 0. The Morgan fingerprint density at radius 1 is 1.40 bits per heavy atom. The molecule has 4 nitrogen and oxygen atoms in total. The number of carbonyl (C=O) groups is 2. The van der Waals surface area contributed by atoms with Gasteiger partial charge in [0.05, 0.1) is 0 Å². The van der Waals surface area contributed by atoms with Crippen molar-refractivity contribution >= 4 is 11.9 Å². The molecule has 0 atom stereocenters. The molecular weight excluding hydrogens is 147 g/mol. The smallest absolute Gasteiger partial charge is 1.00 e. The molecule has 0 aliphatic carbocycles. The minimum absolute atomic E-state index is 0. The van der Waals surface area contributed by atoms with E-state index >= 15 is 0 Å². The topological polar surface area (TPSA) is 74.6 Å². The molecule has 0 aliphatic heterocycles. The van der Waals surface area contributed by atoms with Crippen LogP contribution in [0.4, 0.5) is 0 Å². The summed E-state index contributed by atoms with van der Waals surface area (Å²) >= 11 is 0. The molecule has 0 spiro atoms. The molecule has 0 aromatic rings. The molecule has 2 N–H and O–H groups in total. The fourth-order valence-corrected chi connectivity index (χ4v) is 0.247. The van der Waals surface area contributed by atoms with Crippen LogP contribution in [0.1, 0.15) is 8.35 Å². The number of aliphatic carboxylic acids is 2. The summed E-state index contributed by atoms with van der Waals surface area (Å²) in [5.41, 5.74) is -0.178. The van der Waals surface area contributed by atoms with Gasteiger partial charge in [-0.2, -0.15) is 0 Å². The van der Waals surface area contributed by atoms with Crippen molar-refractivity contribution in [2.45, 2.75) is 6.92 Å². The second-order valence-corrected chi connectivity index (χ2v) is 1.47. The van der Waals surface area contributed by atoms with Crippen LogP contribution in [-0.4, -0.2) is 22.2 Å². The molecule has 0 amide bonds. The minimum Gasteiger partial charge on any atom is -1.00 e. The van der Waals surface area contributed by atoms with Crippen molar-refractivity contribution in [1.29, 1.82) is 0 Å². The molecule has 0 unspecified atom stereocenters. The molecule has 0 saturated heterocycles. The van der Waals surface area contributed by atoms with Crippen molar-refractivity contribution < 1.29 is 50.8 Å². The van der Waals surface area contributed by atoms with Crippen LogP contribution in [0.15, 0.2) is 11.6 Å². The molecule has 0 rings (SSSR count). The van der Waals surface area contributed by atoms with Gasteiger partial charge in [0.2, 0.25) is 0 Å². The van der Waals surface area contributed by atoms with E-state index in [1.165, 1.54) is 6.92 Å². The molecule has 0 bridgehead atoms. The van der Waals surface area contributed by atoms with Crippen LogP contribution in [0.2, 0.25) is 0 Å². The van der Waals surface area contributed by atoms with Crippen LogP contribution < -0.4 is 29.6 Å². The minimum atomic E-state index is -1.24. The predicted octanol–water partition coefficient (Wildman–Crippen LogP) is -2.78. The molecule has 0 radical (unpaired) electrons.